The van der Waals surface area contributed by atoms with E-state index < -0.39 is 0 Å². The quantitative estimate of drug-likeness (QED) is 0.686. The summed E-state index contributed by atoms with van der Waals surface area (Å²) in [6, 6.07) is 0. The molecule has 0 spiro atoms. The Balaban J connectivity index is 2.25. The zero-order chi connectivity index (χ0) is 10.4. The Bertz CT molecular complexity index is 150. The van der Waals surface area contributed by atoms with Gasteiger partial charge >= 0.3 is 0 Å². The second-order valence-corrected chi connectivity index (χ2v) is 4.63. The summed E-state index contributed by atoms with van der Waals surface area (Å²) in [5.74, 6) is 1.20. The van der Waals surface area contributed by atoms with E-state index in [1.807, 2.05) is 0 Å². The number of nitrogens with two attached hydrogens (primary N) is 1. The Morgan fingerprint density at radius 2 is 2.36 bits per heavy atom. The van der Waals surface area contributed by atoms with Crippen molar-refractivity contribution < 1.29 is 5.11 Å². The average Bonchev–Trinajstić information content (AvgIpc) is 2.19. The van der Waals surface area contributed by atoms with E-state index in [0.29, 0.717) is 12.5 Å². The number of nitrogens with zero attached hydrogens (tertiary/aromatic N) is 1. The molecule has 84 valence electrons. The molecule has 3 nitrogen and oxygen atoms in total. The van der Waals surface area contributed by atoms with E-state index in [2.05, 4.69) is 11.8 Å². The number of aliphatic hydroxyl groups is 1. The second kappa shape index (κ2) is 6.38. The monoisotopic (exact) mass is 200 g/mol. The van der Waals surface area contributed by atoms with E-state index in [0.717, 1.165) is 25.4 Å². The van der Waals surface area contributed by atoms with Crippen molar-refractivity contribution in [3.8, 4) is 0 Å². The maximum atomic E-state index is 8.99. The van der Waals surface area contributed by atoms with Crippen molar-refractivity contribution in [2.24, 2.45) is 17.6 Å². The molecule has 0 radical (unpaired) electrons. The minimum atomic E-state index is 0.304. The molecule has 0 aromatic heterocycles. The summed E-state index contributed by atoms with van der Waals surface area (Å²) >= 11 is 0. The average molecular weight is 200 g/mol. The number of likely N-dealkylation sites (tertiary alicyclic amines) is 1. The molecular formula is C11H24N2O. The standard InChI is InChI=1S/C11H24N2O/c1-10(9-14)7-13-6-2-3-11(8-13)4-5-12/h10-11,14H,2-9,12H2,1H3. The number of rotatable bonds is 5. The van der Waals surface area contributed by atoms with Crippen LogP contribution in [0, 0.1) is 11.8 Å². The smallest absolute Gasteiger partial charge is 0.0468 e. The highest BCUT2D eigenvalue weighted by molar-refractivity contribution is 4.74. The van der Waals surface area contributed by atoms with Gasteiger partial charge in [0.05, 0.1) is 0 Å². The molecule has 0 aromatic carbocycles. The summed E-state index contributed by atoms with van der Waals surface area (Å²) in [7, 11) is 0. The van der Waals surface area contributed by atoms with E-state index in [9.17, 15) is 0 Å². The highest BCUT2D eigenvalue weighted by atomic mass is 16.3. The molecule has 2 atom stereocenters. The van der Waals surface area contributed by atoms with Gasteiger partial charge in [0.25, 0.3) is 0 Å². The van der Waals surface area contributed by atoms with Crippen LogP contribution in [0.4, 0.5) is 0 Å². The molecule has 14 heavy (non-hydrogen) atoms. The van der Waals surface area contributed by atoms with Crippen LogP contribution >= 0.6 is 0 Å². The van der Waals surface area contributed by atoms with Crippen LogP contribution in [-0.2, 0) is 0 Å². The van der Waals surface area contributed by atoms with Gasteiger partial charge in [-0.25, -0.2) is 0 Å². The molecule has 0 bridgehead atoms. The predicted molar refractivity (Wildman–Crippen MR) is 59.1 cm³/mol. The van der Waals surface area contributed by atoms with Crippen LogP contribution in [0.3, 0.4) is 0 Å². The van der Waals surface area contributed by atoms with Gasteiger partial charge in [0, 0.05) is 19.7 Å². The van der Waals surface area contributed by atoms with Crippen molar-refractivity contribution >= 4 is 0 Å². The van der Waals surface area contributed by atoms with Gasteiger partial charge in [-0.05, 0) is 44.2 Å². The molecular weight excluding hydrogens is 176 g/mol. The fraction of sp³-hybridized carbons (Fsp3) is 1.00. The summed E-state index contributed by atoms with van der Waals surface area (Å²) in [6.45, 7) is 6.64. The molecule has 2 unspecified atom stereocenters. The Morgan fingerprint density at radius 1 is 1.57 bits per heavy atom. The number of hydrogen-bond donors (Lipinski definition) is 2. The fourth-order valence-electron chi connectivity index (χ4n) is 2.29. The largest absolute Gasteiger partial charge is 0.396 e. The van der Waals surface area contributed by atoms with Gasteiger partial charge in [0.1, 0.15) is 0 Å². The summed E-state index contributed by atoms with van der Waals surface area (Å²) in [5.41, 5.74) is 5.57. The molecule has 1 aliphatic heterocycles. The van der Waals surface area contributed by atoms with Gasteiger partial charge in [-0.2, -0.15) is 0 Å². The Labute approximate surface area is 87.3 Å². The summed E-state index contributed by atoms with van der Waals surface area (Å²) in [5, 5.41) is 8.99. The lowest BCUT2D eigenvalue weighted by molar-refractivity contribution is 0.126. The summed E-state index contributed by atoms with van der Waals surface area (Å²) < 4.78 is 0. The van der Waals surface area contributed by atoms with E-state index in [1.54, 1.807) is 0 Å². The topological polar surface area (TPSA) is 49.5 Å². The lowest BCUT2D eigenvalue weighted by atomic mass is 9.94. The van der Waals surface area contributed by atoms with Crippen LogP contribution < -0.4 is 5.73 Å². The van der Waals surface area contributed by atoms with Crippen LogP contribution in [0.15, 0.2) is 0 Å². The third-order valence-electron chi connectivity index (χ3n) is 3.06. The first-order chi connectivity index (χ1) is 6.76. The first kappa shape index (κ1) is 12.0. The maximum absolute atomic E-state index is 8.99. The molecule has 0 aromatic rings. The van der Waals surface area contributed by atoms with Crippen molar-refractivity contribution in [1.82, 2.24) is 4.90 Å². The SMILES string of the molecule is CC(CO)CN1CCCC(CCN)C1. The van der Waals surface area contributed by atoms with Crippen LogP contribution in [0.1, 0.15) is 26.2 Å². The first-order valence-corrected chi connectivity index (χ1v) is 5.79. The van der Waals surface area contributed by atoms with Crippen molar-refractivity contribution in [2.75, 3.05) is 32.8 Å². The van der Waals surface area contributed by atoms with Crippen LogP contribution in [0.5, 0.6) is 0 Å². The van der Waals surface area contributed by atoms with E-state index >= 15 is 0 Å². The summed E-state index contributed by atoms with van der Waals surface area (Å²) in [4.78, 5) is 2.48. The molecule has 1 aliphatic rings. The first-order valence-electron chi connectivity index (χ1n) is 5.79. The minimum Gasteiger partial charge on any atom is -0.396 e. The molecule has 1 saturated heterocycles. The van der Waals surface area contributed by atoms with Crippen LogP contribution in [-0.4, -0.2) is 42.8 Å². The third-order valence-corrected chi connectivity index (χ3v) is 3.06. The highest BCUT2D eigenvalue weighted by Gasteiger charge is 2.20. The van der Waals surface area contributed by atoms with Gasteiger partial charge < -0.3 is 15.7 Å². The molecule has 1 heterocycles. The van der Waals surface area contributed by atoms with E-state index in [4.69, 9.17) is 10.8 Å². The van der Waals surface area contributed by atoms with Crippen molar-refractivity contribution in [1.29, 1.82) is 0 Å². The zero-order valence-electron chi connectivity index (χ0n) is 9.28. The van der Waals surface area contributed by atoms with Gasteiger partial charge in [-0.1, -0.05) is 6.92 Å². The van der Waals surface area contributed by atoms with Gasteiger partial charge in [0.2, 0.25) is 0 Å². The van der Waals surface area contributed by atoms with Gasteiger partial charge in [-0.15, -0.1) is 0 Å². The third kappa shape index (κ3) is 3.95. The van der Waals surface area contributed by atoms with Crippen molar-refractivity contribution in [3.05, 3.63) is 0 Å². The molecule has 1 rings (SSSR count). The Hall–Kier alpha value is -0.120. The van der Waals surface area contributed by atoms with E-state index in [-0.39, 0.29) is 0 Å². The lowest BCUT2D eigenvalue weighted by Gasteiger charge is -2.33. The normalized spacial score (nSPS) is 26.4. The number of aliphatic hydroxyl groups excluding tert-OH is 1. The summed E-state index contributed by atoms with van der Waals surface area (Å²) in [6.07, 6.45) is 3.79. The molecule has 1 fully saturated rings. The minimum absolute atomic E-state index is 0.304. The lowest BCUT2D eigenvalue weighted by Crippen LogP contribution is -2.39. The maximum Gasteiger partial charge on any atom is 0.0468 e. The molecule has 0 saturated carbocycles. The molecule has 3 heteroatoms. The highest BCUT2D eigenvalue weighted by Crippen LogP contribution is 2.19. The Kier molecular flexibility index (Phi) is 5.45. The van der Waals surface area contributed by atoms with Crippen molar-refractivity contribution in [3.63, 3.8) is 0 Å². The van der Waals surface area contributed by atoms with Crippen LogP contribution in [0.25, 0.3) is 0 Å². The number of piperidine rings is 1. The fourth-order valence-corrected chi connectivity index (χ4v) is 2.29. The second-order valence-electron chi connectivity index (χ2n) is 4.63. The zero-order valence-corrected chi connectivity index (χ0v) is 9.28. The molecule has 0 amide bonds. The van der Waals surface area contributed by atoms with E-state index in [1.165, 1.54) is 25.9 Å². The van der Waals surface area contributed by atoms with Crippen LogP contribution in [0.2, 0.25) is 0 Å². The molecule has 0 aliphatic carbocycles. The van der Waals surface area contributed by atoms with Gasteiger partial charge in [0.15, 0.2) is 0 Å². The molecule has 3 N–H and O–H groups in total. The van der Waals surface area contributed by atoms with Gasteiger partial charge in [-0.3, -0.25) is 0 Å². The predicted octanol–water partition coefficient (Wildman–Crippen LogP) is 0.676. The number of hydrogen-bond acceptors (Lipinski definition) is 3. The van der Waals surface area contributed by atoms with Crippen molar-refractivity contribution in [2.45, 2.75) is 26.2 Å². The Morgan fingerprint density at radius 3 is 3.00 bits per heavy atom.